The fourth-order valence-electron chi connectivity index (χ4n) is 3.30. The molecule has 27 heavy (non-hydrogen) atoms. The molecular weight excluding hydrogens is 336 g/mol. The molecule has 0 radical (unpaired) electrons. The lowest BCUT2D eigenvalue weighted by Crippen LogP contribution is -2.48. The number of terminal acetylenes is 1. The van der Waals surface area contributed by atoms with Gasteiger partial charge in [0.1, 0.15) is 12.4 Å². The predicted octanol–water partition coefficient (Wildman–Crippen LogP) is 2.67. The number of benzene rings is 1. The second kappa shape index (κ2) is 12.2. The zero-order valence-corrected chi connectivity index (χ0v) is 16.8. The van der Waals surface area contributed by atoms with Crippen LogP contribution in [0.25, 0.3) is 0 Å². The van der Waals surface area contributed by atoms with Gasteiger partial charge in [-0.3, -0.25) is 4.99 Å². The standard InChI is InChI=1S/C22H34N4O/c1-4-15-26-16-12-20(13-17-26)25-22(23-6-3)24-14-11-19-7-9-21(10-8-19)27-18-5-2/h2,7-10,20H,4,6,11-18H2,1,3H3,(H2,23,24,25). The molecule has 0 aliphatic carbocycles. The van der Waals surface area contributed by atoms with Crippen LogP contribution in [0.2, 0.25) is 0 Å². The van der Waals surface area contributed by atoms with Crippen LogP contribution in [0.4, 0.5) is 0 Å². The number of guanidine groups is 1. The number of ether oxygens (including phenoxy) is 1. The van der Waals surface area contributed by atoms with Crippen LogP contribution in [0.5, 0.6) is 5.75 Å². The Morgan fingerprint density at radius 2 is 2.00 bits per heavy atom. The highest BCUT2D eigenvalue weighted by Crippen LogP contribution is 2.13. The Morgan fingerprint density at radius 1 is 1.26 bits per heavy atom. The molecule has 0 bridgehead atoms. The lowest BCUT2D eigenvalue weighted by Gasteiger charge is -2.32. The maximum absolute atomic E-state index is 5.41. The molecule has 0 atom stereocenters. The average molecular weight is 371 g/mol. The maximum Gasteiger partial charge on any atom is 0.191 e. The summed E-state index contributed by atoms with van der Waals surface area (Å²) < 4.78 is 5.41. The lowest BCUT2D eigenvalue weighted by atomic mass is 10.1. The summed E-state index contributed by atoms with van der Waals surface area (Å²) in [5.41, 5.74) is 1.25. The van der Waals surface area contributed by atoms with Gasteiger partial charge in [-0.15, -0.1) is 6.42 Å². The lowest BCUT2D eigenvalue weighted by molar-refractivity contribution is 0.206. The molecule has 2 rings (SSSR count). The van der Waals surface area contributed by atoms with Gasteiger partial charge in [0.05, 0.1) is 0 Å². The fraction of sp³-hybridized carbons (Fsp3) is 0.591. The van der Waals surface area contributed by atoms with E-state index >= 15 is 0 Å². The van der Waals surface area contributed by atoms with Crippen molar-refractivity contribution in [2.75, 3.05) is 39.3 Å². The summed E-state index contributed by atoms with van der Waals surface area (Å²) in [6.07, 6.45) is 9.72. The molecule has 1 aromatic rings. The first-order chi connectivity index (χ1) is 13.2. The number of nitrogens with zero attached hydrogens (tertiary/aromatic N) is 2. The monoisotopic (exact) mass is 370 g/mol. The van der Waals surface area contributed by atoms with Crippen LogP contribution in [0, 0.1) is 12.3 Å². The highest BCUT2D eigenvalue weighted by molar-refractivity contribution is 5.80. The van der Waals surface area contributed by atoms with Crippen molar-refractivity contribution in [3.8, 4) is 18.1 Å². The van der Waals surface area contributed by atoms with Crippen molar-refractivity contribution in [1.82, 2.24) is 15.5 Å². The quantitative estimate of drug-likeness (QED) is 0.399. The molecule has 0 amide bonds. The summed E-state index contributed by atoms with van der Waals surface area (Å²) in [6.45, 7) is 9.87. The van der Waals surface area contributed by atoms with Gasteiger partial charge in [0.15, 0.2) is 5.96 Å². The van der Waals surface area contributed by atoms with Crippen LogP contribution in [-0.4, -0.2) is 56.2 Å². The number of likely N-dealkylation sites (tertiary alicyclic amines) is 1. The normalized spacial score (nSPS) is 16.0. The maximum atomic E-state index is 5.41. The Kier molecular flexibility index (Phi) is 9.57. The largest absolute Gasteiger partial charge is 0.481 e. The van der Waals surface area contributed by atoms with Crippen LogP contribution >= 0.6 is 0 Å². The van der Waals surface area contributed by atoms with Gasteiger partial charge in [-0.1, -0.05) is 25.0 Å². The first-order valence-corrected chi connectivity index (χ1v) is 10.2. The summed E-state index contributed by atoms with van der Waals surface area (Å²) in [6, 6.07) is 8.59. The van der Waals surface area contributed by atoms with Crippen molar-refractivity contribution < 1.29 is 4.74 Å². The Balaban J connectivity index is 1.78. The molecule has 0 aromatic heterocycles. The van der Waals surface area contributed by atoms with Crippen molar-refractivity contribution in [3.05, 3.63) is 29.8 Å². The van der Waals surface area contributed by atoms with Crippen molar-refractivity contribution in [1.29, 1.82) is 0 Å². The van der Waals surface area contributed by atoms with Gasteiger partial charge in [0, 0.05) is 32.2 Å². The number of nitrogens with one attached hydrogen (secondary N) is 2. The molecule has 0 saturated carbocycles. The minimum atomic E-state index is 0.304. The minimum absolute atomic E-state index is 0.304. The molecule has 5 nitrogen and oxygen atoms in total. The average Bonchev–Trinajstić information content (AvgIpc) is 2.69. The van der Waals surface area contributed by atoms with Crippen LogP contribution in [0.1, 0.15) is 38.7 Å². The molecule has 1 saturated heterocycles. The van der Waals surface area contributed by atoms with Crippen LogP contribution in [-0.2, 0) is 6.42 Å². The number of aliphatic imine (C=N–C) groups is 1. The van der Waals surface area contributed by atoms with E-state index < -0.39 is 0 Å². The first kappa shape index (κ1) is 21.1. The first-order valence-electron chi connectivity index (χ1n) is 10.2. The van der Waals surface area contributed by atoms with Crippen molar-refractivity contribution in [2.45, 2.75) is 45.6 Å². The minimum Gasteiger partial charge on any atom is -0.481 e. The van der Waals surface area contributed by atoms with Gasteiger partial charge in [0.25, 0.3) is 0 Å². The Hall–Kier alpha value is -2.19. The van der Waals surface area contributed by atoms with Crippen LogP contribution in [0.15, 0.2) is 29.3 Å². The van der Waals surface area contributed by atoms with Crippen molar-refractivity contribution >= 4 is 5.96 Å². The smallest absolute Gasteiger partial charge is 0.191 e. The van der Waals surface area contributed by atoms with Crippen molar-refractivity contribution in [3.63, 3.8) is 0 Å². The molecule has 0 spiro atoms. The van der Waals surface area contributed by atoms with E-state index in [1.807, 2.05) is 12.1 Å². The third-order valence-corrected chi connectivity index (χ3v) is 4.73. The van der Waals surface area contributed by atoms with Gasteiger partial charge in [-0.2, -0.15) is 0 Å². The van der Waals surface area contributed by atoms with E-state index in [0.29, 0.717) is 12.6 Å². The highest BCUT2D eigenvalue weighted by atomic mass is 16.5. The molecule has 2 N–H and O–H groups in total. The molecule has 1 aliphatic heterocycles. The fourth-order valence-corrected chi connectivity index (χ4v) is 3.30. The summed E-state index contributed by atoms with van der Waals surface area (Å²) in [7, 11) is 0. The molecule has 1 aromatic carbocycles. The van der Waals surface area contributed by atoms with Gasteiger partial charge in [-0.05, 0) is 56.8 Å². The summed E-state index contributed by atoms with van der Waals surface area (Å²) in [5, 5.41) is 6.98. The number of piperidine rings is 1. The van der Waals surface area contributed by atoms with E-state index in [9.17, 15) is 0 Å². The topological polar surface area (TPSA) is 48.9 Å². The molecule has 5 heteroatoms. The van der Waals surface area contributed by atoms with Gasteiger partial charge in [-0.25, -0.2) is 0 Å². The van der Waals surface area contributed by atoms with Crippen molar-refractivity contribution in [2.24, 2.45) is 4.99 Å². The number of hydrogen-bond donors (Lipinski definition) is 2. The Labute approximate surface area is 164 Å². The van der Waals surface area contributed by atoms with Gasteiger partial charge in [0.2, 0.25) is 0 Å². The van der Waals surface area contributed by atoms with E-state index in [1.54, 1.807) is 0 Å². The molecule has 0 unspecified atom stereocenters. The molecule has 1 aliphatic rings. The van der Waals surface area contributed by atoms with E-state index in [4.69, 9.17) is 16.2 Å². The Bertz CT molecular complexity index is 598. The second-order valence-corrected chi connectivity index (χ2v) is 6.91. The molecular formula is C22H34N4O. The second-order valence-electron chi connectivity index (χ2n) is 6.91. The zero-order valence-electron chi connectivity index (χ0n) is 16.8. The third-order valence-electron chi connectivity index (χ3n) is 4.73. The van der Waals surface area contributed by atoms with Crippen LogP contribution in [0.3, 0.4) is 0 Å². The zero-order chi connectivity index (χ0) is 19.3. The van der Waals surface area contributed by atoms with E-state index in [2.05, 4.69) is 47.4 Å². The van der Waals surface area contributed by atoms with E-state index in [1.165, 1.54) is 44.5 Å². The van der Waals surface area contributed by atoms with Gasteiger partial charge >= 0.3 is 0 Å². The summed E-state index contributed by atoms with van der Waals surface area (Å²) >= 11 is 0. The van der Waals surface area contributed by atoms with Gasteiger partial charge < -0.3 is 20.3 Å². The van der Waals surface area contributed by atoms with E-state index in [0.717, 1.165) is 31.2 Å². The van der Waals surface area contributed by atoms with E-state index in [-0.39, 0.29) is 0 Å². The van der Waals surface area contributed by atoms with Crippen LogP contribution < -0.4 is 15.4 Å². The molecule has 1 fully saturated rings. The number of hydrogen-bond acceptors (Lipinski definition) is 3. The molecule has 148 valence electrons. The SMILES string of the molecule is C#CCOc1ccc(CCN=C(NCC)NC2CCN(CCC)CC2)cc1. The number of rotatable bonds is 9. The molecule has 1 heterocycles. The summed E-state index contributed by atoms with van der Waals surface area (Å²) in [5.74, 6) is 4.22. The summed E-state index contributed by atoms with van der Waals surface area (Å²) in [4.78, 5) is 7.31. The predicted molar refractivity (Wildman–Crippen MR) is 113 cm³/mol. The third kappa shape index (κ3) is 7.92. The Morgan fingerprint density at radius 3 is 2.63 bits per heavy atom. The highest BCUT2D eigenvalue weighted by Gasteiger charge is 2.19.